The summed E-state index contributed by atoms with van der Waals surface area (Å²) in [5.41, 5.74) is -0.350. The van der Waals surface area contributed by atoms with Gasteiger partial charge < -0.3 is 10.4 Å². The molecule has 0 aliphatic heterocycles. The molecule has 1 aromatic carbocycles. The molecular formula is C10H9ClFNO3. The van der Waals surface area contributed by atoms with Crippen molar-refractivity contribution in [1.82, 2.24) is 5.32 Å². The highest BCUT2D eigenvalue weighted by Gasteiger charge is 2.20. The molecule has 0 unspecified atom stereocenters. The number of carboxylic acid groups (broad SMARTS) is 1. The number of carboxylic acids is 1. The topological polar surface area (TPSA) is 66.4 Å². The van der Waals surface area contributed by atoms with Crippen LogP contribution >= 0.6 is 11.6 Å². The summed E-state index contributed by atoms with van der Waals surface area (Å²) >= 11 is 5.64. The van der Waals surface area contributed by atoms with Gasteiger partial charge in [-0.3, -0.25) is 9.59 Å². The van der Waals surface area contributed by atoms with E-state index in [-0.39, 0.29) is 10.6 Å². The molecule has 6 heteroatoms. The van der Waals surface area contributed by atoms with Gasteiger partial charge in [-0.15, -0.1) is 0 Å². The van der Waals surface area contributed by atoms with Crippen molar-refractivity contribution in [3.63, 3.8) is 0 Å². The largest absolute Gasteiger partial charge is 0.480 e. The van der Waals surface area contributed by atoms with E-state index in [1.807, 2.05) is 0 Å². The van der Waals surface area contributed by atoms with E-state index in [2.05, 4.69) is 5.32 Å². The molecule has 0 bridgehead atoms. The fraction of sp³-hybridized carbons (Fsp3) is 0.200. The SMILES string of the molecule is C[C@H](NC(=O)c1c(F)cccc1Cl)C(=O)O. The molecule has 4 nitrogen and oxygen atoms in total. The Balaban J connectivity index is 2.93. The van der Waals surface area contributed by atoms with Gasteiger partial charge in [0.05, 0.1) is 10.6 Å². The van der Waals surface area contributed by atoms with E-state index in [4.69, 9.17) is 16.7 Å². The molecule has 0 spiro atoms. The van der Waals surface area contributed by atoms with Crippen molar-refractivity contribution < 1.29 is 19.1 Å². The second-order valence-electron chi connectivity index (χ2n) is 3.13. The van der Waals surface area contributed by atoms with Crippen molar-refractivity contribution in [3.8, 4) is 0 Å². The predicted octanol–water partition coefficient (Wildman–Crippen LogP) is 1.68. The van der Waals surface area contributed by atoms with Gasteiger partial charge in [-0.1, -0.05) is 17.7 Å². The minimum Gasteiger partial charge on any atom is -0.480 e. The number of benzene rings is 1. The molecule has 1 amide bonds. The van der Waals surface area contributed by atoms with Crippen LogP contribution in [0.5, 0.6) is 0 Å². The predicted molar refractivity (Wildman–Crippen MR) is 56.0 cm³/mol. The number of aliphatic carboxylic acids is 1. The lowest BCUT2D eigenvalue weighted by Gasteiger charge is -2.10. The summed E-state index contributed by atoms with van der Waals surface area (Å²) in [6.07, 6.45) is 0. The quantitative estimate of drug-likeness (QED) is 0.852. The number of amides is 1. The molecule has 16 heavy (non-hydrogen) atoms. The number of rotatable bonds is 3. The molecule has 0 radical (unpaired) electrons. The lowest BCUT2D eigenvalue weighted by Crippen LogP contribution is -2.38. The van der Waals surface area contributed by atoms with E-state index in [9.17, 15) is 14.0 Å². The number of hydrogen-bond acceptors (Lipinski definition) is 2. The van der Waals surface area contributed by atoms with Crippen LogP contribution in [-0.2, 0) is 4.79 Å². The highest BCUT2D eigenvalue weighted by Crippen LogP contribution is 2.18. The first-order chi connectivity index (χ1) is 7.43. The Morgan fingerprint density at radius 1 is 1.50 bits per heavy atom. The minimum atomic E-state index is -1.21. The molecule has 2 N–H and O–H groups in total. The average Bonchev–Trinajstić information content (AvgIpc) is 2.16. The third-order valence-corrected chi connectivity index (χ3v) is 2.22. The Labute approximate surface area is 96.0 Å². The van der Waals surface area contributed by atoms with Crippen molar-refractivity contribution in [2.45, 2.75) is 13.0 Å². The van der Waals surface area contributed by atoms with Crippen molar-refractivity contribution >= 4 is 23.5 Å². The van der Waals surface area contributed by atoms with Crippen molar-refractivity contribution in [3.05, 3.63) is 34.6 Å². The van der Waals surface area contributed by atoms with Gasteiger partial charge in [-0.25, -0.2) is 4.39 Å². The second kappa shape index (κ2) is 4.94. The number of nitrogens with one attached hydrogen (secondary N) is 1. The fourth-order valence-corrected chi connectivity index (χ4v) is 1.29. The van der Waals surface area contributed by atoms with Gasteiger partial charge in [0.25, 0.3) is 5.91 Å². The number of carbonyl (C=O) groups is 2. The van der Waals surface area contributed by atoms with Gasteiger partial charge in [-0.2, -0.15) is 0 Å². The summed E-state index contributed by atoms with van der Waals surface area (Å²) in [7, 11) is 0. The summed E-state index contributed by atoms with van der Waals surface area (Å²) in [5, 5.41) is 10.6. The van der Waals surface area contributed by atoms with Crippen molar-refractivity contribution in [2.24, 2.45) is 0 Å². The van der Waals surface area contributed by atoms with Crippen LogP contribution in [0.4, 0.5) is 4.39 Å². The first kappa shape index (κ1) is 12.4. The maximum atomic E-state index is 13.3. The minimum absolute atomic E-state index is 0.0601. The van der Waals surface area contributed by atoms with E-state index in [0.29, 0.717) is 0 Å². The molecule has 0 heterocycles. The lowest BCUT2D eigenvalue weighted by atomic mass is 10.2. The zero-order valence-electron chi connectivity index (χ0n) is 8.33. The molecule has 0 aromatic heterocycles. The van der Waals surface area contributed by atoms with Gasteiger partial charge in [0.15, 0.2) is 0 Å². The summed E-state index contributed by atoms with van der Waals surface area (Å²) < 4.78 is 13.3. The standard InChI is InChI=1S/C10H9ClFNO3/c1-5(10(15)16)13-9(14)8-6(11)3-2-4-7(8)12/h2-5H,1H3,(H,13,14)(H,15,16)/t5-/m0/s1. The molecule has 86 valence electrons. The monoisotopic (exact) mass is 245 g/mol. The van der Waals surface area contributed by atoms with Crippen LogP contribution in [0.25, 0.3) is 0 Å². The molecule has 0 aliphatic rings. The van der Waals surface area contributed by atoms with Gasteiger partial charge >= 0.3 is 5.97 Å². The number of carbonyl (C=O) groups excluding carboxylic acids is 1. The normalized spacial score (nSPS) is 11.9. The zero-order chi connectivity index (χ0) is 12.3. The van der Waals surface area contributed by atoms with Crippen LogP contribution in [0.1, 0.15) is 17.3 Å². The van der Waals surface area contributed by atoms with Gasteiger partial charge in [0.2, 0.25) is 0 Å². The highest BCUT2D eigenvalue weighted by atomic mass is 35.5. The van der Waals surface area contributed by atoms with Crippen LogP contribution in [0.15, 0.2) is 18.2 Å². The number of hydrogen-bond donors (Lipinski definition) is 2. The Kier molecular flexibility index (Phi) is 3.84. The fourth-order valence-electron chi connectivity index (χ4n) is 1.05. The molecule has 0 aliphatic carbocycles. The first-order valence-electron chi connectivity index (χ1n) is 4.41. The molecule has 0 saturated heterocycles. The number of halogens is 2. The van der Waals surface area contributed by atoms with Crippen LogP contribution in [-0.4, -0.2) is 23.0 Å². The van der Waals surface area contributed by atoms with Crippen LogP contribution in [0.2, 0.25) is 5.02 Å². The third-order valence-electron chi connectivity index (χ3n) is 1.91. The van der Waals surface area contributed by atoms with Crippen molar-refractivity contribution in [2.75, 3.05) is 0 Å². The maximum absolute atomic E-state index is 13.3. The highest BCUT2D eigenvalue weighted by molar-refractivity contribution is 6.33. The zero-order valence-corrected chi connectivity index (χ0v) is 9.08. The van der Waals surface area contributed by atoms with E-state index >= 15 is 0 Å². The van der Waals surface area contributed by atoms with Gasteiger partial charge in [0.1, 0.15) is 11.9 Å². The average molecular weight is 246 g/mol. The van der Waals surface area contributed by atoms with E-state index in [0.717, 1.165) is 6.07 Å². The maximum Gasteiger partial charge on any atom is 0.325 e. The van der Waals surface area contributed by atoms with E-state index < -0.39 is 23.7 Å². The Hall–Kier alpha value is -1.62. The molecule has 0 saturated carbocycles. The summed E-state index contributed by atoms with van der Waals surface area (Å²) in [6.45, 7) is 1.27. The molecule has 1 rings (SSSR count). The summed E-state index contributed by atoms with van der Waals surface area (Å²) in [4.78, 5) is 22.0. The molecular weight excluding hydrogens is 237 g/mol. The van der Waals surface area contributed by atoms with E-state index in [1.54, 1.807) is 0 Å². The third kappa shape index (κ3) is 2.70. The van der Waals surface area contributed by atoms with Crippen LogP contribution < -0.4 is 5.32 Å². The first-order valence-corrected chi connectivity index (χ1v) is 4.79. The van der Waals surface area contributed by atoms with Crippen molar-refractivity contribution in [1.29, 1.82) is 0 Å². The van der Waals surface area contributed by atoms with Gasteiger partial charge in [0, 0.05) is 0 Å². The van der Waals surface area contributed by atoms with Crippen LogP contribution in [0.3, 0.4) is 0 Å². The second-order valence-corrected chi connectivity index (χ2v) is 3.54. The summed E-state index contributed by atoms with van der Waals surface area (Å²) in [6, 6.07) is 2.68. The molecule has 0 fully saturated rings. The Morgan fingerprint density at radius 3 is 2.62 bits per heavy atom. The Morgan fingerprint density at radius 2 is 2.12 bits per heavy atom. The smallest absolute Gasteiger partial charge is 0.325 e. The Bertz CT molecular complexity index is 416. The summed E-state index contributed by atoms with van der Waals surface area (Å²) in [5.74, 6) is -2.85. The molecule has 1 atom stereocenters. The molecule has 1 aromatic rings. The van der Waals surface area contributed by atoms with E-state index in [1.165, 1.54) is 19.1 Å². The van der Waals surface area contributed by atoms with Gasteiger partial charge in [-0.05, 0) is 19.1 Å². The van der Waals surface area contributed by atoms with Crippen LogP contribution in [0, 0.1) is 5.82 Å². The lowest BCUT2D eigenvalue weighted by molar-refractivity contribution is -0.138.